The standard InChI is InChI=1S/C19H23NO3/c1-23-19(22)14-5-3-2-4-13-18(21)20-17-12-8-10-15-9-6-7-11-16(15)17/h6-12H,2-5,13-14H2,1H3,(H,20,21). The molecule has 0 saturated carbocycles. The lowest BCUT2D eigenvalue weighted by Gasteiger charge is -2.08. The van der Waals surface area contributed by atoms with Crippen LogP contribution in [0.2, 0.25) is 0 Å². The summed E-state index contributed by atoms with van der Waals surface area (Å²) in [6.07, 6.45) is 4.49. The third kappa shape index (κ3) is 5.40. The predicted octanol–water partition coefficient (Wildman–Crippen LogP) is 4.29. The van der Waals surface area contributed by atoms with Gasteiger partial charge in [0.15, 0.2) is 0 Å². The highest BCUT2D eigenvalue weighted by Gasteiger charge is 2.06. The topological polar surface area (TPSA) is 55.4 Å². The van der Waals surface area contributed by atoms with Crippen molar-refractivity contribution in [3.8, 4) is 0 Å². The first-order valence-electron chi connectivity index (χ1n) is 8.05. The van der Waals surface area contributed by atoms with Crippen LogP contribution in [0.4, 0.5) is 5.69 Å². The van der Waals surface area contributed by atoms with Gasteiger partial charge in [-0.25, -0.2) is 0 Å². The normalized spacial score (nSPS) is 10.5. The van der Waals surface area contributed by atoms with E-state index in [0.717, 1.165) is 42.1 Å². The maximum absolute atomic E-state index is 12.1. The van der Waals surface area contributed by atoms with Crippen LogP contribution in [-0.2, 0) is 14.3 Å². The van der Waals surface area contributed by atoms with Gasteiger partial charge in [0.25, 0.3) is 0 Å². The highest BCUT2D eigenvalue weighted by atomic mass is 16.5. The molecule has 2 aromatic rings. The Morgan fingerprint density at radius 2 is 1.61 bits per heavy atom. The van der Waals surface area contributed by atoms with Crippen LogP contribution in [0.3, 0.4) is 0 Å². The molecular weight excluding hydrogens is 290 g/mol. The second-order valence-electron chi connectivity index (χ2n) is 5.57. The van der Waals surface area contributed by atoms with Crippen LogP contribution in [0.5, 0.6) is 0 Å². The number of carbonyl (C=O) groups is 2. The summed E-state index contributed by atoms with van der Waals surface area (Å²) >= 11 is 0. The number of methoxy groups -OCH3 is 1. The third-order valence-electron chi connectivity index (χ3n) is 3.83. The van der Waals surface area contributed by atoms with E-state index >= 15 is 0 Å². The summed E-state index contributed by atoms with van der Waals surface area (Å²) in [5.41, 5.74) is 0.860. The van der Waals surface area contributed by atoms with Crippen LogP contribution in [0.25, 0.3) is 10.8 Å². The average molecular weight is 313 g/mol. The Labute approximate surface area is 136 Å². The summed E-state index contributed by atoms with van der Waals surface area (Å²) in [6.45, 7) is 0. The zero-order valence-electron chi connectivity index (χ0n) is 13.5. The van der Waals surface area contributed by atoms with E-state index in [9.17, 15) is 9.59 Å². The molecule has 122 valence electrons. The molecule has 0 spiro atoms. The quantitative estimate of drug-likeness (QED) is 0.584. The van der Waals surface area contributed by atoms with Crippen LogP contribution < -0.4 is 5.32 Å². The van der Waals surface area contributed by atoms with Crippen LogP contribution >= 0.6 is 0 Å². The number of amides is 1. The fraction of sp³-hybridized carbons (Fsp3) is 0.368. The number of benzene rings is 2. The second-order valence-corrected chi connectivity index (χ2v) is 5.57. The molecule has 2 rings (SSSR count). The number of esters is 1. The first-order valence-corrected chi connectivity index (χ1v) is 8.05. The van der Waals surface area contributed by atoms with Crippen LogP contribution in [0, 0.1) is 0 Å². The van der Waals surface area contributed by atoms with E-state index in [1.165, 1.54) is 7.11 Å². The number of nitrogens with one attached hydrogen (secondary N) is 1. The summed E-state index contributed by atoms with van der Waals surface area (Å²) in [6, 6.07) is 13.9. The first-order chi connectivity index (χ1) is 11.2. The van der Waals surface area contributed by atoms with Crippen molar-refractivity contribution >= 4 is 28.3 Å². The molecule has 0 aliphatic heterocycles. The van der Waals surface area contributed by atoms with Crippen LogP contribution in [0.1, 0.15) is 38.5 Å². The number of anilines is 1. The zero-order valence-corrected chi connectivity index (χ0v) is 13.5. The van der Waals surface area contributed by atoms with Gasteiger partial charge in [0.05, 0.1) is 7.11 Å². The maximum atomic E-state index is 12.1. The van der Waals surface area contributed by atoms with Gasteiger partial charge < -0.3 is 10.1 Å². The lowest BCUT2D eigenvalue weighted by Crippen LogP contribution is -2.11. The smallest absolute Gasteiger partial charge is 0.305 e. The number of ether oxygens (including phenoxy) is 1. The molecule has 0 fully saturated rings. The highest BCUT2D eigenvalue weighted by Crippen LogP contribution is 2.23. The van der Waals surface area contributed by atoms with E-state index in [1.807, 2.05) is 42.5 Å². The Hall–Kier alpha value is -2.36. The summed E-state index contributed by atoms with van der Waals surface area (Å²) < 4.78 is 4.59. The number of fused-ring (bicyclic) bond motifs is 1. The molecule has 0 aliphatic carbocycles. The summed E-state index contributed by atoms with van der Waals surface area (Å²) in [4.78, 5) is 23.0. The van der Waals surface area contributed by atoms with Gasteiger partial charge in [-0.3, -0.25) is 9.59 Å². The van der Waals surface area contributed by atoms with Crippen molar-refractivity contribution in [1.82, 2.24) is 0 Å². The van der Waals surface area contributed by atoms with Gasteiger partial charge in [-0.05, 0) is 24.3 Å². The zero-order chi connectivity index (χ0) is 16.5. The minimum Gasteiger partial charge on any atom is -0.469 e. The third-order valence-corrected chi connectivity index (χ3v) is 3.83. The van der Waals surface area contributed by atoms with Gasteiger partial charge in [-0.2, -0.15) is 0 Å². The van der Waals surface area contributed by atoms with E-state index in [-0.39, 0.29) is 11.9 Å². The van der Waals surface area contributed by atoms with E-state index in [0.29, 0.717) is 12.8 Å². The largest absolute Gasteiger partial charge is 0.469 e. The van der Waals surface area contributed by atoms with Crippen molar-refractivity contribution in [1.29, 1.82) is 0 Å². The molecule has 0 atom stereocenters. The minimum atomic E-state index is -0.168. The van der Waals surface area contributed by atoms with Gasteiger partial charge in [-0.15, -0.1) is 0 Å². The minimum absolute atomic E-state index is 0.0364. The molecule has 2 aromatic carbocycles. The molecule has 1 N–H and O–H groups in total. The Balaban J connectivity index is 1.73. The number of carbonyl (C=O) groups excluding carboxylic acids is 2. The van der Waals surface area contributed by atoms with E-state index < -0.39 is 0 Å². The van der Waals surface area contributed by atoms with Crippen LogP contribution in [-0.4, -0.2) is 19.0 Å². The molecule has 0 aliphatic rings. The summed E-state index contributed by atoms with van der Waals surface area (Å²) in [5.74, 6) is -0.131. The molecule has 0 bridgehead atoms. The van der Waals surface area contributed by atoms with Gasteiger partial charge in [0.2, 0.25) is 5.91 Å². The molecule has 23 heavy (non-hydrogen) atoms. The van der Waals surface area contributed by atoms with E-state index in [2.05, 4.69) is 10.1 Å². The second kappa shape index (κ2) is 8.93. The molecule has 1 amide bonds. The Morgan fingerprint density at radius 1 is 0.913 bits per heavy atom. The monoisotopic (exact) mass is 313 g/mol. The van der Waals surface area contributed by atoms with Crippen LogP contribution in [0.15, 0.2) is 42.5 Å². The fourth-order valence-corrected chi connectivity index (χ4v) is 2.56. The molecule has 0 radical (unpaired) electrons. The lowest BCUT2D eigenvalue weighted by molar-refractivity contribution is -0.140. The number of hydrogen-bond donors (Lipinski definition) is 1. The predicted molar refractivity (Wildman–Crippen MR) is 92.3 cm³/mol. The SMILES string of the molecule is COC(=O)CCCCCCC(=O)Nc1cccc2ccccc12. The summed E-state index contributed by atoms with van der Waals surface area (Å²) in [5, 5.41) is 5.17. The number of hydrogen-bond acceptors (Lipinski definition) is 3. The van der Waals surface area contributed by atoms with Gasteiger partial charge >= 0.3 is 5.97 Å². The van der Waals surface area contributed by atoms with Gasteiger partial charge in [-0.1, -0.05) is 49.2 Å². The average Bonchev–Trinajstić information content (AvgIpc) is 2.58. The molecule has 0 saturated heterocycles. The Morgan fingerprint density at radius 3 is 2.39 bits per heavy atom. The molecule has 4 nitrogen and oxygen atoms in total. The van der Waals surface area contributed by atoms with Crippen molar-refractivity contribution in [2.24, 2.45) is 0 Å². The molecule has 0 heterocycles. The molecule has 4 heteroatoms. The van der Waals surface area contributed by atoms with Crippen molar-refractivity contribution < 1.29 is 14.3 Å². The van der Waals surface area contributed by atoms with Crippen molar-refractivity contribution in [2.75, 3.05) is 12.4 Å². The van der Waals surface area contributed by atoms with Crippen molar-refractivity contribution in [2.45, 2.75) is 38.5 Å². The van der Waals surface area contributed by atoms with Crippen molar-refractivity contribution in [3.05, 3.63) is 42.5 Å². The first kappa shape index (κ1) is 17.0. The van der Waals surface area contributed by atoms with Crippen molar-refractivity contribution in [3.63, 3.8) is 0 Å². The number of unbranched alkanes of at least 4 members (excludes halogenated alkanes) is 3. The lowest BCUT2D eigenvalue weighted by atomic mass is 10.1. The van der Waals surface area contributed by atoms with E-state index in [1.54, 1.807) is 0 Å². The fourth-order valence-electron chi connectivity index (χ4n) is 2.56. The maximum Gasteiger partial charge on any atom is 0.305 e. The Kier molecular flexibility index (Phi) is 6.60. The van der Waals surface area contributed by atoms with Gasteiger partial charge in [0.1, 0.15) is 0 Å². The van der Waals surface area contributed by atoms with Gasteiger partial charge in [0, 0.05) is 23.9 Å². The molecule has 0 aromatic heterocycles. The molecule has 0 unspecified atom stereocenters. The Bertz CT molecular complexity index is 661. The van der Waals surface area contributed by atoms with E-state index in [4.69, 9.17) is 0 Å². The summed E-state index contributed by atoms with van der Waals surface area (Å²) in [7, 11) is 1.40. The highest BCUT2D eigenvalue weighted by molar-refractivity contribution is 6.02. The molecular formula is C19H23NO3. The number of rotatable bonds is 8.